The van der Waals surface area contributed by atoms with E-state index in [1.54, 1.807) is 0 Å². The van der Waals surface area contributed by atoms with Gasteiger partial charge in [0.15, 0.2) is 0 Å². The second-order valence-electron chi connectivity index (χ2n) is 6.12. The van der Waals surface area contributed by atoms with Gasteiger partial charge in [0.05, 0.1) is 0 Å². The van der Waals surface area contributed by atoms with Crippen molar-refractivity contribution in [2.75, 3.05) is 0 Å². The fourth-order valence-electron chi connectivity index (χ4n) is 2.35. The molecule has 0 aliphatic heterocycles. The van der Waals surface area contributed by atoms with E-state index in [9.17, 15) is 5.11 Å². The van der Waals surface area contributed by atoms with Crippen LogP contribution in [0.25, 0.3) is 21.7 Å². The van der Waals surface area contributed by atoms with E-state index in [0.29, 0.717) is 5.76 Å². The summed E-state index contributed by atoms with van der Waals surface area (Å²) in [5.41, 5.74) is 0.625. The second kappa shape index (κ2) is 4.10. The molecule has 0 aliphatic carbocycles. The maximum absolute atomic E-state index is 10.3. The van der Waals surface area contributed by atoms with E-state index in [1.165, 1.54) is 0 Å². The van der Waals surface area contributed by atoms with Crippen LogP contribution in [-0.4, -0.2) is 5.11 Å². The van der Waals surface area contributed by atoms with Crippen molar-refractivity contribution in [2.45, 2.75) is 26.9 Å². The lowest BCUT2D eigenvalue weighted by Crippen LogP contribution is -2.16. The minimum atomic E-state index is -0.598. The summed E-state index contributed by atoms with van der Waals surface area (Å²) < 4.78 is 5.92. The second-order valence-corrected chi connectivity index (χ2v) is 6.12. The predicted molar refractivity (Wildman–Crippen MR) is 78.1 cm³/mol. The molecule has 19 heavy (non-hydrogen) atoms. The van der Waals surface area contributed by atoms with Crippen LogP contribution in [-0.2, 0) is 0 Å². The van der Waals surface area contributed by atoms with Gasteiger partial charge < -0.3 is 9.52 Å². The zero-order valence-corrected chi connectivity index (χ0v) is 11.5. The molecule has 1 atom stereocenters. The van der Waals surface area contributed by atoms with E-state index in [2.05, 4.69) is 18.2 Å². The molecule has 1 aromatic heterocycles. The number of benzene rings is 2. The first-order chi connectivity index (χ1) is 8.97. The topological polar surface area (TPSA) is 33.4 Å². The standard InChI is InChI=1S/C17H18O2/c1-17(2,3)16(18)14-10-12-9-8-11-6-4-5-7-13(11)15(12)19-14/h4-10,16,18H,1-3H3. The lowest BCUT2D eigenvalue weighted by atomic mass is 9.88. The Balaban J connectivity index is 2.23. The molecule has 1 unspecified atom stereocenters. The van der Waals surface area contributed by atoms with E-state index < -0.39 is 6.10 Å². The molecule has 0 saturated heterocycles. The molecule has 2 heteroatoms. The van der Waals surface area contributed by atoms with Gasteiger partial charge >= 0.3 is 0 Å². The molecule has 1 N–H and O–H groups in total. The van der Waals surface area contributed by atoms with Gasteiger partial charge in [-0.2, -0.15) is 0 Å². The number of furan rings is 1. The molecule has 1 heterocycles. The molecule has 0 fully saturated rings. The zero-order valence-electron chi connectivity index (χ0n) is 11.5. The van der Waals surface area contributed by atoms with Crippen molar-refractivity contribution in [2.24, 2.45) is 5.41 Å². The van der Waals surface area contributed by atoms with Crippen LogP contribution in [0.15, 0.2) is 46.9 Å². The molecule has 3 aromatic rings. The number of aliphatic hydroxyl groups is 1. The first-order valence-corrected chi connectivity index (χ1v) is 6.56. The lowest BCUT2D eigenvalue weighted by Gasteiger charge is -2.23. The maximum Gasteiger partial charge on any atom is 0.142 e. The first-order valence-electron chi connectivity index (χ1n) is 6.56. The SMILES string of the molecule is CC(C)(C)C(O)c1cc2ccc3ccccc3c2o1. The van der Waals surface area contributed by atoms with Crippen LogP contribution in [0, 0.1) is 5.41 Å². The molecule has 98 valence electrons. The molecule has 0 amide bonds. The largest absolute Gasteiger partial charge is 0.458 e. The number of fused-ring (bicyclic) bond motifs is 3. The minimum Gasteiger partial charge on any atom is -0.458 e. The summed E-state index contributed by atoms with van der Waals surface area (Å²) in [6.45, 7) is 6.01. The molecule has 3 rings (SSSR count). The van der Waals surface area contributed by atoms with Crippen molar-refractivity contribution in [1.82, 2.24) is 0 Å². The van der Waals surface area contributed by atoms with Crippen LogP contribution < -0.4 is 0 Å². The van der Waals surface area contributed by atoms with Crippen LogP contribution in [0.2, 0.25) is 0 Å². The Hall–Kier alpha value is -1.80. The molecule has 0 spiro atoms. The summed E-state index contributed by atoms with van der Waals surface area (Å²) in [6.07, 6.45) is -0.598. The van der Waals surface area contributed by atoms with E-state index >= 15 is 0 Å². The van der Waals surface area contributed by atoms with Crippen LogP contribution in [0.1, 0.15) is 32.6 Å². The molecule has 2 aromatic carbocycles. The number of aliphatic hydroxyl groups excluding tert-OH is 1. The van der Waals surface area contributed by atoms with Gasteiger partial charge in [-0.05, 0) is 16.9 Å². The Morgan fingerprint density at radius 1 is 1.00 bits per heavy atom. The van der Waals surface area contributed by atoms with Crippen molar-refractivity contribution >= 4 is 21.7 Å². The Bertz CT molecular complexity index is 732. The summed E-state index contributed by atoms with van der Waals surface area (Å²) in [5, 5.41) is 13.6. The van der Waals surface area contributed by atoms with Crippen molar-refractivity contribution in [3.8, 4) is 0 Å². The first kappa shape index (κ1) is 12.2. The Morgan fingerprint density at radius 3 is 2.42 bits per heavy atom. The van der Waals surface area contributed by atoms with Crippen LogP contribution in [0.3, 0.4) is 0 Å². The lowest BCUT2D eigenvalue weighted by molar-refractivity contribution is 0.0449. The van der Waals surface area contributed by atoms with Crippen molar-refractivity contribution in [3.05, 3.63) is 48.2 Å². The maximum atomic E-state index is 10.3. The fourth-order valence-corrected chi connectivity index (χ4v) is 2.35. The van der Waals surface area contributed by atoms with E-state index in [-0.39, 0.29) is 5.41 Å². The van der Waals surface area contributed by atoms with Crippen molar-refractivity contribution in [3.63, 3.8) is 0 Å². The molecule has 0 saturated carbocycles. The van der Waals surface area contributed by atoms with Gasteiger partial charge in [0, 0.05) is 10.8 Å². The highest BCUT2D eigenvalue weighted by Gasteiger charge is 2.27. The third-order valence-corrected chi connectivity index (χ3v) is 3.52. The summed E-state index contributed by atoms with van der Waals surface area (Å²) in [6, 6.07) is 14.2. The Kier molecular flexibility index (Phi) is 2.64. The average Bonchev–Trinajstić information content (AvgIpc) is 2.80. The summed E-state index contributed by atoms with van der Waals surface area (Å²) in [5.74, 6) is 0.638. The molecular weight excluding hydrogens is 236 g/mol. The van der Waals surface area contributed by atoms with Crippen molar-refractivity contribution < 1.29 is 9.52 Å². The smallest absolute Gasteiger partial charge is 0.142 e. The van der Waals surface area contributed by atoms with Gasteiger partial charge in [-0.1, -0.05) is 57.2 Å². The van der Waals surface area contributed by atoms with Gasteiger partial charge in [0.25, 0.3) is 0 Å². The van der Waals surface area contributed by atoms with Gasteiger partial charge in [0.2, 0.25) is 0 Å². The monoisotopic (exact) mass is 254 g/mol. The summed E-state index contributed by atoms with van der Waals surface area (Å²) in [4.78, 5) is 0. The number of hydrogen-bond acceptors (Lipinski definition) is 2. The highest BCUT2D eigenvalue weighted by Crippen LogP contribution is 2.37. The molecular formula is C17H18O2. The van der Waals surface area contributed by atoms with E-state index in [0.717, 1.165) is 21.7 Å². The molecule has 2 nitrogen and oxygen atoms in total. The number of hydrogen-bond donors (Lipinski definition) is 1. The van der Waals surface area contributed by atoms with Gasteiger partial charge in [-0.15, -0.1) is 0 Å². The van der Waals surface area contributed by atoms with Crippen LogP contribution in [0.4, 0.5) is 0 Å². The number of rotatable bonds is 1. The van der Waals surface area contributed by atoms with Gasteiger partial charge in [-0.25, -0.2) is 0 Å². The van der Waals surface area contributed by atoms with Crippen molar-refractivity contribution in [1.29, 1.82) is 0 Å². The predicted octanol–water partition coefficient (Wildman–Crippen LogP) is 4.67. The highest BCUT2D eigenvalue weighted by atomic mass is 16.4. The Labute approximate surface area is 112 Å². The van der Waals surface area contributed by atoms with Crippen LogP contribution >= 0.6 is 0 Å². The quantitative estimate of drug-likeness (QED) is 0.684. The highest BCUT2D eigenvalue weighted by molar-refractivity contribution is 6.04. The third kappa shape index (κ3) is 2.02. The van der Waals surface area contributed by atoms with Gasteiger partial charge in [0.1, 0.15) is 17.4 Å². The fraction of sp³-hybridized carbons (Fsp3) is 0.294. The van der Waals surface area contributed by atoms with E-state index in [4.69, 9.17) is 4.42 Å². The van der Waals surface area contributed by atoms with Crippen LogP contribution in [0.5, 0.6) is 0 Å². The van der Waals surface area contributed by atoms with Gasteiger partial charge in [-0.3, -0.25) is 0 Å². The molecule has 0 aliphatic rings. The molecule has 0 radical (unpaired) electrons. The van der Waals surface area contributed by atoms with E-state index in [1.807, 2.05) is 45.0 Å². The normalized spacial score (nSPS) is 14.1. The average molecular weight is 254 g/mol. The summed E-state index contributed by atoms with van der Waals surface area (Å²) >= 11 is 0. The third-order valence-electron chi connectivity index (χ3n) is 3.52. The zero-order chi connectivity index (χ0) is 13.6. The molecule has 0 bridgehead atoms. The summed E-state index contributed by atoms with van der Waals surface area (Å²) in [7, 11) is 0. The Morgan fingerprint density at radius 2 is 1.68 bits per heavy atom. The minimum absolute atomic E-state index is 0.232.